The summed E-state index contributed by atoms with van der Waals surface area (Å²) < 4.78 is 27.1. The van der Waals surface area contributed by atoms with E-state index in [9.17, 15) is 18.0 Å². The highest BCUT2D eigenvalue weighted by Crippen LogP contribution is 2.29. The van der Waals surface area contributed by atoms with Crippen molar-refractivity contribution < 1.29 is 18.0 Å². The molecule has 0 heterocycles. The number of carbonyl (C=O) groups is 2. The zero-order valence-electron chi connectivity index (χ0n) is 22.3. The van der Waals surface area contributed by atoms with Gasteiger partial charge in [-0.25, -0.2) is 8.42 Å². The molecule has 0 aliphatic heterocycles. The lowest BCUT2D eigenvalue weighted by Gasteiger charge is -2.33. The average molecular weight is 524 g/mol. The molecule has 1 N–H and O–H groups in total. The van der Waals surface area contributed by atoms with Crippen LogP contribution in [0.5, 0.6) is 0 Å². The molecule has 0 aromatic heterocycles. The second-order valence-electron chi connectivity index (χ2n) is 9.84. The van der Waals surface area contributed by atoms with Crippen molar-refractivity contribution in [2.75, 3.05) is 23.7 Å². The van der Waals surface area contributed by atoms with E-state index in [1.54, 1.807) is 12.1 Å². The minimum absolute atomic E-state index is 0.196. The molecule has 0 fully saturated rings. The lowest BCUT2D eigenvalue weighted by atomic mass is 10.1. The molecule has 3 rings (SSSR count). The van der Waals surface area contributed by atoms with Crippen molar-refractivity contribution >= 4 is 38.3 Å². The van der Waals surface area contributed by atoms with Crippen LogP contribution in [0.25, 0.3) is 10.8 Å². The summed E-state index contributed by atoms with van der Waals surface area (Å²) in [6, 6.07) is 19.9. The van der Waals surface area contributed by atoms with Gasteiger partial charge in [-0.05, 0) is 36.3 Å². The van der Waals surface area contributed by atoms with E-state index in [1.165, 1.54) is 4.90 Å². The molecular formula is C29H37N3O4S. The van der Waals surface area contributed by atoms with Crippen LogP contribution in [0.3, 0.4) is 0 Å². The normalized spacial score (nSPS) is 12.4. The Kier molecular flexibility index (Phi) is 9.32. The summed E-state index contributed by atoms with van der Waals surface area (Å²) in [5.74, 6) is -0.422. The molecule has 7 nitrogen and oxygen atoms in total. The number of hydrogen-bond donors (Lipinski definition) is 1. The van der Waals surface area contributed by atoms with Crippen molar-refractivity contribution in [1.82, 2.24) is 10.2 Å². The fourth-order valence-electron chi connectivity index (χ4n) is 4.37. The van der Waals surface area contributed by atoms with Gasteiger partial charge in [-0.1, -0.05) is 87.0 Å². The number of nitrogens with zero attached hydrogens (tertiary/aromatic N) is 2. The molecular weight excluding hydrogens is 486 g/mol. The first-order valence-electron chi connectivity index (χ1n) is 12.6. The second-order valence-corrected chi connectivity index (χ2v) is 11.7. The molecule has 0 saturated heterocycles. The van der Waals surface area contributed by atoms with Gasteiger partial charge in [0.05, 0.1) is 11.9 Å². The summed E-state index contributed by atoms with van der Waals surface area (Å²) in [7, 11) is -3.81. The summed E-state index contributed by atoms with van der Waals surface area (Å²) in [5, 5.41) is 4.54. The van der Waals surface area contributed by atoms with Crippen LogP contribution in [0.4, 0.5) is 5.69 Å². The Morgan fingerprint density at radius 2 is 1.65 bits per heavy atom. The Bertz CT molecular complexity index is 1350. The molecule has 0 spiro atoms. The first-order valence-corrected chi connectivity index (χ1v) is 14.4. The van der Waals surface area contributed by atoms with Crippen molar-refractivity contribution in [3.63, 3.8) is 0 Å². The molecule has 3 aromatic rings. The van der Waals surface area contributed by atoms with E-state index in [0.29, 0.717) is 18.7 Å². The molecule has 0 bridgehead atoms. The molecule has 2 amide bonds. The molecule has 198 valence electrons. The molecule has 37 heavy (non-hydrogen) atoms. The number of rotatable bonds is 11. The number of anilines is 1. The predicted octanol–water partition coefficient (Wildman–Crippen LogP) is 4.49. The molecule has 1 atom stereocenters. The Balaban J connectivity index is 2.01. The van der Waals surface area contributed by atoms with Gasteiger partial charge in [0.2, 0.25) is 21.8 Å². The van der Waals surface area contributed by atoms with Crippen molar-refractivity contribution in [3.8, 4) is 0 Å². The molecule has 3 aromatic carbocycles. The fraction of sp³-hybridized carbons (Fsp3) is 0.379. The fourth-order valence-corrected chi connectivity index (χ4v) is 5.23. The minimum Gasteiger partial charge on any atom is -0.354 e. The number of fused-ring (bicyclic) bond motifs is 1. The van der Waals surface area contributed by atoms with E-state index in [1.807, 2.05) is 82.3 Å². The van der Waals surface area contributed by atoms with Crippen molar-refractivity contribution in [1.29, 1.82) is 0 Å². The van der Waals surface area contributed by atoms with Gasteiger partial charge in [0, 0.05) is 18.5 Å². The molecule has 0 aliphatic carbocycles. The van der Waals surface area contributed by atoms with Crippen molar-refractivity contribution in [2.24, 2.45) is 5.92 Å². The Morgan fingerprint density at radius 3 is 2.30 bits per heavy atom. The van der Waals surface area contributed by atoms with Gasteiger partial charge in [0.15, 0.2) is 0 Å². The first kappa shape index (κ1) is 28.2. The zero-order chi connectivity index (χ0) is 27.2. The lowest BCUT2D eigenvalue weighted by Crippen LogP contribution is -2.52. The lowest BCUT2D eigenvalue weighted by molar-refractivity contribution is -0.140. The van der Waals surface area contributed by atoms with E-state index >= 15 is 0 Å². The predicted molar refractivity (Wildman–Crippen MR) is 150 cm³/mol. The minimum atomic E-state index is -3.81. The van der Waals surface area contributed by atoms with Gasteiger partial charge in [0.1, 0.15) is 12.6 Å². The third-order valence-electron chi connectivity index (χ3n) is 6.22. The Hall–Kier alpha value is -3.39. The monoisotopic (exact) mass is 523 g/mol. The van der Waals surface area contributed by atoms with Crippen LogP contribution < -0.4 is 9.62 Å². The van der Waals surface area contributed by atoms with Crippen LogP contribution in [0.2, 0.25) is 0 Å². The van der Waals surface area contributed by atoms with E-state index in [2.05, 4.69) is 5.32 Å². The maximum Gasteiger partial charge on any atom is 0.244 e. The maximum atomic E-state index is 13.9. The SMILES string of the molecule is CC[C@H](C(=O)NCC(C)C)N(Cc1cccc(C)c1)C(=O)CN(c1cccc2ccccc12)S(C)(=O)=O. The van der Waals surface area contributed by atoms with Crippen LogP contribution in [-0.4, -0.2) is 50.5 Å². The van der Waals surface area contributed by atoms with E-state index in [4.69, 9.17) is 0 Å². The number of hydrogen-bond acceptors (Lipinski definition) is 4. The summed E-state index contributed by atoms with van der Waals surface area (Å²) in [6.07, 6.45) is 1.49. The highest BCUT2D eigenvalue weighted by atomic mass is 32.2. The van der Waals surface area contributed by atoms with Crippen LogP contribution in [0, 0.1) is 12.8 Å². The van der Waals surface area contributed by atoms with Crippen LogP contribution in [0.15, 0.2) is 66.7 Å². The van der Waals surface area contributed by atoms with Gasteiger partial charge in [-0.15, -0.1) is 0 Å². The van der Waals surface area contributed by atoms with Crippen LogP contribution in [0.1, 0.15) is 38.3 Å². The first-order chi connectivity index (χ1) is 17.5. The van der Waals surface area contributed by atoms with E-state index in [0.717, 1.165) is 32.5 Å². The van der Waals surface area contributed by atoms with Crippen LogP contribution >= 0.6 is 0 Å². The van der Waals surface area contributed by atoms with Gasteiger partial charge >= 0.3 is 0 Å². The molecule has 0 saturated carbocycles. The Labute approximate surface area is 220 Å². The third-order valence-corrected chi connectivity index (χ3v) is 7.35. The quantitative estimate of drug-likeness (QED) is 0.401. The third kappa shape index (κ3) is 7.32. The summed E-state index contributed by atoms with van der Waals surface area (Å²) in [6.45, 7) is 8.11. The molecule has 0 unspecified atom stereocenters. The largest absolute Gasteiger partial charge is 0.354 e. The number of amides is 2. The Morgan fingerprint density at radius 1 is 0.973 bits per heavy atom. The van der Waals surface area contributed by atoms with Crippen molar-refractivity contribution in [3.05, 3.63) is 77.9 Å². The summed E-state index contributed by atoms with van der Waals surface area (Å²) in [4.78, 5) is 28.6. The molecule has 8 heteroatoms. The van der Waals surface area contributed by atoms with Crippen molar-refractivity contribution in [2.45, 2.75) is 46.7 Å². The average Bonchev–Trinajstić information content (AvgIpc) is 2.85. The molecule has 0 aliphatic rings. The molecule has 0 radical (unpaired) electrons. The second kappa shape index (κ2) is 12.2. The zero-order valence-corrected chi connectivity index (χ0v) is 23.1. The van der Waals surface area contributed by atoms with Gasteiger partial charge < -0.3 is 10.2 Å². The highest BCUT2D eigenvalue weighted by Gasteiger charge is 2.32. The number of nitrogens with one attached hydrogen (secondary N) is 1. The number of benzene rings is 3. The van der Waals surface area contributed by atoms with E-state index in [-0.39, 0.29) is 18.4 Å². The van der Waals surface area contributed by atoms with Gasteiger partial charge in [0.25, 0.3) is 0 Å². The standard InChI is InChI=1S/C29H37N3O4S/c1-6-26(29(34)30-18-21(2)3)31(19-23-12-9-11-22(4)17-23)28(33)20-32(37(5,35)36)27-16-10-14-24-13-7-8-15-25(24)27/h7-17,21,26H,6,18-20H2,1-5H3,(H,30,34)/t26-/m1/s1. The number of sulfonamides is 1. The topological polar surface area (TPSA) is 86.8 Å². The number of aryl methyl sites for hydroxylation is 1. The highest BCUT2D eigenvalue weighted by molar-refractivity contribution is 7.92. The summed E-state index contributed by atoms with van der Waals surface area (Å²) in [5.41, 5.74) is 2.34. The van der Waals surface area contributed by atoms with E-state index < -0.39 is 28.5 Å². The van der Waals surface area contributed by atoms with Crippen LogP contribution in [-0.2, 0) is 26.2 Å². The smallest absolute Gasteiger partial charge is 0.244 e. The van der Waals surface area contributed by atoms with Gasteiger partial charge in [-0.2, -0.15) is 0 Å². The summed E-state index contributed by atoms with van der Waals surface area (Å²) >= 11 is 0. The number of carbonyl (C=O) groups excluding carboxylic acids is 2. The maximum absolute atomic E-state index is 13.9. The van der Waals surface area contributed by atoms with Gasteiger partial charge in [-0.3, -0.25) is 13.9 Å².